The Morgan fingerprint density at radius 2 is 1.68 bits per heavy atom. The molecule has 0 spiro atoms. The van der Waals surface area contributed by atoms with Crippen LogP contribution in [0.4, 0.5) is 0 Å². The Kier molecular flexibility index (Phi) is 9.92. The standard InChI is InChI=1S/C17H29NS/c1-16(2)10-6-3-4-9-13-18-14-15-19-17-11-7-5-8-12-17/h5,7-8,11-12,16,18H,3-4,6,9-10,13-15H2,1-2H3. The first kappa shape index (κ1) is 16.6. The molecule has 0 heterocycles. The average molecular weight is 279 g/mol. The van der Waals surface area contributed by atoms with Crippen molar-refractivity contribution in [3.63, 3.8) is 0 Å². The molecule has 1 aromatic carbocycles. The van der Waals surface area contributed by atoms with E-state index in [9.17, 15) is 0 Å². The van der Waals surface area contributed by atoms with Crippen molar-refractivity contribution in [2.45, 2.75) is 50.8 Å². The second-order valence-corrected chi connectivity index (χ2v) is 6.68. The quantitative estimate of drug-likeness (QED) is 0.453. The largest absolute Gasteiger partial charge is 0.316 e. The highest BCUT2D eigenvalue weighted by Gasteiger charge is 1.95. The summed E-state index contributed by atoms with van der Waals surface area (Å²) < 4.78 is 0. The summed E-state index contributed by atoms with van der Waals surface area (Å²) in [5.41, 5.74) is 0. The van der Waals surface area contributed by atoms with Crippen LogP contribution < -0.4 is 5.32 Å². The lowest BCUT2D eigenvalue weighted by atomic mass is 10.0. The van der Waals surface area contributed by atoms with Crippen molar-refractivity contribution in [2.75, 3.05) is 18.8 Å². The first-order chi connectivity index (χ1) is 9.29. The number of hydrogen-bond acceptors (Lipinski definition) is 2. The van der Waals surface area contributed by atoms with E-state index in [0.29, 0.717) is 0 Å². The molecule has 0 aliphatic heterocycles. The fourth-order valence-corrected chi connectivity index (χ4v) is 2.87. The van der Waals surface area contributed by atoms with Gasteiger partial charge in [0.05, 0.1) is 0 Å². The molecule has 0 fully saturated rings. The van der Waals surface area contributed by atoms with Gasteiger partial charge in [0.2, 0.25) is 0 Å². The Morgan fingerprint density at radius 1 is 0.947 bits per heavy atom. The smallest absolute Gasteiger partial charge is 0.0106 e. The lowest BCUT2D eigenvalue weighted by Crippen LogP contribution is -2.18. The second-order valence-electron chi connectivity index (χ2n) is 5.51. The molecule has 0 atom stereocenters. The molecule has 0 aromatic heterocycles. The summed E-state index contributed by atoms with van der Waals surface area (Å²) in [6, 6.07) is 10.6. The van der Waals surface area contributed by atoms with Crippen molar-refractivity contribution in [3.8, 4) is 0 Å². The van der Waals surface area contributed by atoms with Gasteiger partial charge in [-0.1, -0.05) is 57.7 Å². The molecule has 2 heteroatoms. The Balaban J connectivity index is 1.81. The summed E-state index contributed by atoms with van der Waals surface area (Å²) >= 11 is 1.93. The maximum atomic E-state index is 3.53. The molecule has 1 nitrogen and oxygen atoms in total. The molecular weight excluding hydrogens is 250 g/mol. The van der Waals surface area contributed by atoms with Crippen molar-refractivity contribution in [2.24, 2.45) is 5.92 Å². The SMILES string of the molecule is CC(C)CCCCCCNCCSc1ccccc1. The number of thioether (sulfide) groups is 1. The zero-order chi connectivity index (χ0) is 13.8. The van der Waals surface area contributed by atoms with E-state index >= 15 is 0 Å². The Hall–Kier alpha value is -0.470. The van der Waals surface area contributed by atoms with E-state index < -0.39 is 0 Å². The fraction of sp³-hybridized carbons (Fsp3) is 0.647. The predicted molar refractivity (Wildman–Crippen MR) is 88.0 cm³/mol. The lowest BCUT2D eigenvalue weighted by Gasteiger charge is -2.06. The molecule has 0 bridgehead atoms. The van der Waals surface area contributed by atoms with E-state index in [1.807, 2.05) is 11.8 Å². The predicted octanol–water partition coefficient (Wildman–Crippen LogP) is 4.97. The Morgan fingerprint density at radius 3 is 2.42 bits per heavy atom. The van der Waals surface area contributed by atoms with Crippen molar-refractivity contribution >= 4 is 11.8 Å². The first-order valence-corrected chi connectivity index (χ1v) is 8.66. The number of rotatable bonds is 11. The van der Waals surface area contributed by atoms with Gasteiger partial charge in [0.25, 0.3) is 0 Å². The van der Waals surface area contributed by atoms with Crippen LogP contribution in [0.1, 0.15) is 46.0 Å². The molecule has 0 saturated heterocycles. The molecular formula is C17H29NS. The lowest BCUT2D eigenvalue weighted by molar-refractivity contribution is 0.514. The second kappa shape index (κ2) is 11.4. The van der Waals surface area contributed by atoms with Crippen LogP contribution in [0.25, 0.3) is 0 Å². The van der Waals surface area contributed by atoms with Gasteiger partial charge in [-0.2, -0.15) is 0 Å². The first-order valence-electron chi connectivity index (χ1n) is 7.67. The van der Waals surface area contributed by atoms with Gasteiger partial charge >= 0.3 is 0 Å². The monoisotopic (exact) mass is 279 g/mol. The highest BCUT2D eigenvalue weighted by Crippen LogP contribution is 2.15. The molecule has 0 saturated carbocycles. The van der Waals surface area contributed by atoms with Crippen LogP contribution in [0.5, 0.6) is 0 Å². The summed E-state index contributed by atoms with van der Waals surface area (Å²) in [6.07, 6.45) is 6.90. The molecule has 0 aliphatic carbocycles. The molecule has 1 rings (SSSR count). The van der Waals surface area contributed by atoms with E-state index in [4.69, 9.17) is 0 Å². The minimum atomic E-state index is 0.869. The van der Waals surface area contributed by atoms with E-state index in [-0.39, 0.29) is 0 Å². The number of benzene rings is 1. The van der Waals surface area contributed by atoms with E-state index in [1.54, 1.807) is 0 Å². The van der Waals surface area contributed by atoms with Crippen LogP contribution in [0.2, 0.25) is 0 Å². The Labute approximate surface area is 123 Å². The third kappa shape index (κ3) is 10.0. The van der Waals surface area contributed by atoms with Crippen LogP contribution in [0.3, 0.4) is 0 Å². The van der Waals surface area contributed by atoms with Gasteiger partial charge in [0.15, 0.2) is 0 Å². The van der Waals surface area contributed by atoms with Gasteiger partial charge in [0.1, 0.15) is 0 Å². The van der Waals surface area contributed by atoms with Gasteiger partial charge < -0.3 is 5.32 Å². The number of nitrogens with one attached hydrogen (secondary N) is 1. The Bertz CT molecular complexity index is 297. The molecule has 19 heavy (non-hydrogen) atoms. The van der Waals surface area contributed by atoms with Gasteiger partial charge in [0, 0.05) is 17.2 Å². The molecule has 0 aliphatic rings. The highest BCUT2D eigenvalue weighted by molar-refractivity contribution is 7.99. The molecule has 1 aromatic rings. The molecule has 108 valence electrons. The van der Waals surface area contributed by atoms with Crippen LogP contribution >= 0.6 is 11.8 Å². The van der Waals surface area contributed by atoms with Crippen molar-refractivity contribution in [1.29, 1.82) is 0 Å². The summed E-state index contributed by atoms with van der Waals surface area (Å²) in [7, 11) is 0. The minimum Gasteiger partial charge on any atom is -0.316 e. The van der Waals surface area contributed by atoms with Crippen LogP contribution in [0.15, 0.2) is 35.2 Å². The van der Waals surface area contributed by atoms with Crippen molar-refractivity contribution in [1.82, 2.24) is 5.32 Å². The highest BCUT2D eigenvalue weighted by atomic mass is 32.2. The minimum absolute atomic E-state index is 0.869. The molecule has 0 amide bonds. The topological polar surface area (TPSA) is 12.0 Å². The molecule has 1 N–H and O–H groups in total. The number of hydrogen-bond donors (Lipinski definition) is 1. The van der Waals surface area contributed by atoms with Gasteiger partial charge in [-0.3, -0.25) is 0 Å². The summed E-state index contributed by atoms with van der Waals surface area (Å²) in [5.74, 6) is 2.03. The third-order valence-corrected chi connectivity index (χ3v) is 4.19. The average Bonchev–Trinajstić information content (AvgIpc) is 2.42. The van der Waals surface area contributed by atoms with Gasteiger partial charge in [-0.15, -0.1) is 11.8 Å². The van der Waals surface area contributed by atoms with Gasteiger partial charge in [-0.05, 0) is 31.0 Å². The van der Waals surface area contributed by atoms with Crippen molar-refractivity contribution < 1.29 is 0 Å². The third-order valence-electron chi connectivity index (χ3n) is 3.18. The van der Waals surface area contributed by atoms with Crippen LogP contribution in [-0.4, -0.2) is 18.8 Å². The maximum Gasteiger partial charge on any atom is 0.0106 e. The fourth-order valence-electron chi connectivity index (χ4n) is 2.04. The zero-order valence-corrected chi connectivity index (χ0v) is 13.3. The summed E-state index contributed by atoms with van der Waals surface area (Å²) in [6.45, 7) is 6.92. The number of unbranched alkanes of at least 4 members (excludes halogenated alkanes) is 3. The normalized spacial score (nSPS) is 11.1. The van der Waals surface area contributed by atoms with E-state index in [0.717, 1.165) is 18.2 Å². The summed E-state index contributed by atoms with van der Waals surface area (Å²) in [4.78, 5) is 1.37. The van der Waals surface area contributed by atoms with Gasteiger partial charge in [-0.25, -0.2) is 0 Å². The summed E-state index contributed by atoms with van der Waals surface area (Å²) in [5, 5.41) is 3.53. The van der Waals surface area contributed by atoms with E-state index in [2.05, 4.69) is 49.5 Å². The van der Waals surface area contributed by atoms with E-state index in [1.165, 1.54) is 43.5 Å². The van der Waals surface area contributed by atoms with Crippen molar-refractivity contribution in [3.05, 3.63) is 30.3 Å². The molecule has 0 radical (unpaired) electrons. The maximum absolute atomic E-state index is 3.53. The molecule has 0 unspecified atom stereocenters. The zero-order valence-electron chi connectivity index (χ0n) is 12.5. The van der Waals surface area contributed by atoms with Crippen LogP contribution in [-0.2, 0) is 0 Å². The van der Waals surface area contributed by atoms with Crippen LogP contribution in [0, 0.1) is 5.92 Å².